The highest BCUT2D eigenvalue weighted by molar-refractivity contribution is 5.85. The van der Waals surface area contributed by atoms with Gasteiger partial charge in [-0.25, -0.2) is 9.37 Å². The number of carbonyl (C=O) groups excluding carboxylic acids is 1. The smallest absolute Gasteiger partial charge is 0.243 e. The summed E-state index contributed by atoms with van der Waals surface area (Å²) in [5, 5.41) is 4.08. The van der Waals surface area contributed by atoms with Crippen molar-refractivity contribution < 1.29 is 13.7 Å². The normalized spacial score (nSPS) is 18.2. The topological polar surface area (TPSA) is 64.2 Å². The summed E-state index contributed by atoms with van der Waals surface area (Å²) in [5.41, 5.74) is 2.79. The van der Waals surface area contributed by atoms with Crippen molar-refractivity contribution in [1.82, 2.24) is 19.6 Å². The van der Waals surface area contributed by atoms with Gasteiger partial charge >= 0.3 is 0 Å². The number of halogens is 1. The SMILES string of the molecule is Cc1noc(C)c1-c1nc2ccc(F)cc2n1CC(=O)N(C1CCCCC1)C1CCCCC1. The fourth-order valence-corrected chi connectivity index (χ4v) is 5.89. The van der Waals surface area contributed by atoms with Crippen molar-refractivity contribution in [1.29, 1.82) is 0 Å². The zero-order chi connectivity index (χ0) is 22.9. The quantitative estimate of drug-likeness (QED) is 0.480. The van der Waals surface area contributed by atoms with Crippen molar-refractivity contribution in [2.24, 2.45) is 0 Å². The van der Waals surface area contributed by atoms with Crippen LogP contribution in [0.5, 0.6) is 0 Å². The number of hydrogen-bond donors (Lipinski definition) is 0. The van der Waals surface area contributed by atoms with Crippen LogP contribution in [0.15, 0.2) is 22.7 Å². The number of aromatic nitrogens is 3. The van der Waals surface area contributed by atoms with E-state index in [0.717, 1.165) is 31.2 Å². The maximum atomic E-state index is 14.2. The molecule has 2 aliphatic carbocycles. The van der Waals surface area contributed by atoms with Gasteiger partial charge in [0.25, 0.3) is 0 Å². The summed E-state index contributed by atoms with van der Waals surface area (Å²) in [6.07, 6.45) is 11.6. The molecule has 0 bridgehead atoms. The number of carbonyl (C=O) groups is 1. The van der Waals surface area contributed by atoms with Gasteiger partial charge < -0.3 is 14.0 Å². The maximum absolute atomic E-state index is 14.2. The van der Waals surface area contributed by atoms with E-state index < -0.39 is 0 Å². The fourth-order valence-electron chi connectivity index (χ4n) is 5.89. The van der Waals surface area contributed by atoms with E-state index in [4.69, 9.17) is 9.51 Å². The number of fused-ring (bicyclic) bond motifs is 1. The number of hydrogen-bond acceptors (Lipinski definition) is 4. The molecule has 0 unspecified atom stereocenters. The van der Waals surface area contributed by atoms with Crippen molar-refractivity contribution in [3.63, 3.8) is 0 Å². The lowest BCUT2D eigenvalue weighted by Crippen LogP contribution is -2.50. The largest absolute Gasteiger partial charge is 0.361 e. The van der Waals surface area contributed by atoms with Crippen LogP contribution in [0.25, 0.3) is 22.4 Å². The minimum absolute atomic E-state index is 0.116. The third-order valence-corrected chi connectivity index (χ3v) is 7.48. The number of aryl methyl sites for hydroxylation is 2. The van der Waals surface area contributed by atoms with E-state index in [1.807, 2.05) is 18.4 Å². The molecule has 0 saturated heterocycles. The van der Waals surface area contributed by atoms with Crippen molar-refractivity contribution in [2.45, 2.75) is 96.7 Å². The molecule has 2 heterocycles. The first-order valence-corrected chi connectivity index (χ1v) is 12.4. The average Bonchev–Trinajstić information content (AvgIpc) is 3.33. The van der Waals surface area contributed by atoms with Gasteiger partial charge in [0.1, 0.15) is 23.9 Å². The fraction of sp³-hybridized carbons (Fsp3) is 0.577. The van der Waals surface area contributed by atoms with Gasteiger partial charge in [0.2, 0.25) is 5.91 Å². The highest BCUT2D eigenvalue weighted by atomic mass is 19.1. The lowest BCUT2D eigenvalue weighted by molar-refractivity contribution is -0.138. The van der Waals surface area contributed by atoms with E-state index in [2.05, 4.69) is 10.1 Å². The second-order valence-electron chi connectivity index (χ2n) is 9.74. The van der Waals surface area contributed by atoms with E-state index in [0.29, 0.717) is 40.4 Å². The Morgan fingerprint density at radius 2 is 1.70 bits per heavy atom. The molecule has 1 aromatic carbocycles. The standard InChI is InChI=1S/C26H33FN4O2/c1-17-25(18(2)33-29-17)26-28-22-14-13-19(27)15-23(22)30(26)16-24(32)31(20-9-5-3-6-10-20)21-11-7-4-8-12-21/h13-15,20-21H,3-12,16H2,1-2H3. The number of rotatable bonds is 5. The van der Waals surface area contributed by atoms with Crippen LogP contribution in [-0.4, -0.2) is 37.6 Å². The van der Waals surface area contributed by atoms with Crippen LogP contribution < -0.4 is 0 Å². The van der Waals surface area contributed by atoms with Gasteiger partial charge in [-0.1, -0.05) is 43.7 Å². The molecule has 0 atom stereocenters. The van der Waals surface area contributed by atoms with Gasteiger partial charge in [-0.3, -0.25) is 4.79 Å². The molecule has 0 spiro atoms. The van der Waals surface area contributed by atoms with Crippen molar-refractivity contribution >= 4 is 16.9 Å². The molecular formula is C26H33FN4O2. The van der Waals surface area contributed by atoms with E-state index in [1.165, 1.54) is 50.7 Å². The number of nitrogens with zero attached hydrogens (tertiary/aromatic N) is 4. The van der Waals surface area contributed by atoms with Gasteiger partial charge in [-0.2, -0.15) is 0 Å². The van der Waals surface area contributed by atoms with E-state index in [9.17, 15) is 9.18 Å². The zero-order valence-electron chi connectivity index (χ0n) is 19.6. The Bertz CT molecular complexity index is 1100. The molecule has 0 radical (unpaired) electrons. The zero-order valence-corrected chi connectivity index (χ0v) is 19.6. The van der Waals surface area contributed by atoms with Crippen molar-refractivity contribution in [3.05, 3.63) is 35.5 Å². The van der Waals surface area contributed by atoms with Gasteiger partial charge in [-0.15, -0.1) is 0 Å². The molecule has 33 heavy (non-hydrogen) atoms. The molecule has 1 amide bonds. The molecule has 6 nitrogen and oxygen atoms in total. The van der Waals surface area contributed by atoms with Crippen molar-refractivity contribution in [2.75, 3.05) is 0 Å². The first-order valence-electron chi connectivity index (χ1n) is 12.4. The summed E-state index contributed by atoms with van der Waals surface area (Å²) in [5.74, 6) is 1.05. The molecule has 2 saturated carbocycles. The minimum atomic E-state index is -0.335. The Labute approximate surface area is 194 Å². The average molecular weight is 453 g/mol. The van der Waals surface area contributed by atoms with E-state index in [-0.39, 0.29) is 18.3 Å². The summed E-state index contributed by atoms with van der Waals surface area (Å²) in [6, 6.07) is 5.18. The molecule has 5 rings (SSSR count). The second kappa shape index (κ2) is 9.27. The van der Waals surface area contributed by atoms with Gasteiger partial charge in [0.15, 0.2) is 0 Å². The van der Waals surface area contributed by atoms with Crippen LogP contribution in [0.1, 0.15) is 75.7 Å². The summed E-state index contributed by atoms with van der Waals surface area (Å²) in [4.78, 5) is 21.0. The van der Waals surface area contributed by atoms with Gasteiger partial charge in [0, 0.05) is 12.1 Å². The number of benzene rings is 1. The van der Waals surface area contributed by atoms with Gasteiger partial charge in [-0.05, 0) is 57.7 Å². The molecule has 2 fully saturated rings. The van der Waals surface area contributed by atoms with Crippen LogP contribution in [0.2, 0.25) is 0 Å². The third-order valence-electron chi connectivity index (χ3n) is 7.48. The molecule has 0 aliphatic heterocycles. The maximum Gasteiger partial charge on any atom is 0.243 e. The molecule has 3 aromatic rings. The highest BCUT2D eigenvalue weighted by Crippen LogP contribution is 2.33. The summed E-state index contributed by atoms with van der Waals surface area (Å²) < 4.78 is 21.5. The van der Waals surface area contributed by atoms with Crippen molar-refractivity contribution in [3.8, 4) is 11.4 Å². The lowest BCUT2D eigenvalue weighted by atomic mass is 9.88. The number of imidazole rings is 1. The summed E-state index contributed by atoms with van der Waals surface area (Å²) in [7, 11) is 0. The van der Waals surface area contributed by atoms with E-state index >= 15 is 0 Å². The van der Waals surface area contributed by atoms with Crippen LogP contribution in [0.4, 0.5) is 4.39 Å². The monoisotopic (exact) mass is 452 g/mol. The summed E-state index contributed by atoms with van der Waals surface area (Å²) >= 11 is 0. The highest BCUT2D eigenvalue weighted by Gasteiger charge is 2.33. The third kappa shape index (κ3) is 4.30. The van der Waals surface area contributed by atoms with Crippen LogP contribution in [-0.2, 0) is 11.3 Å². The Kier molecular flexibility index (Phi) is 6.21. The molecule has 0 N–H and O–H groups in total. The molecule has 2 aromatic heterocycles. The van der Waals surface area contributed by atoms with Crippen LogP contribution in [0.3, 0.4) is 0 Å². The molecule has 176 valence electrons. The van der Waals surface area contributed by atoms with E-state index in [1.54, 1.807) is 6.07 Å². The van der Waals surface area contributed by atoms with Crippen LogP contribution >= 0.6 is 0 Å². The number of amides is 1. The Balaban J connectivity index is 1.55. The Morgan fingerprint density at radius 1 is 1.06 bits per heavy atom. The predicted molar refractivity (Wildman–Crippen MR) is 125 cm³/mol. The second-order valence-corrected chi connectivity index (χ2v) is 9.74. The Morgan fingerprint density at radius 3 is 2.27 bits per heavy atom. The van der Waals surface area contributed by atoms with Crippen LogP contribution in [0, 0.1) is 19.7 Å². The first kappa shape index (κ1) is 22.1. The van der Waals surface area contributed by atoms with Gasteiger partial charge in [0.05, 0.1) is 22.3 Å². The molecule has 7 heteroatoms. The molecule has 2 aliphatic rings. The first-order chi connectivity index (χ1) is 16.0. The minimum Gasteiger partial charge on any atom is -0.361 e. The lowest BCUT2D eigenvalue weighted by Gasteiger charge is -2.42. The Hall–Kier alpha value is -2.70. The summed E-state index contributed by atoms with van der Waals surface area (Å²) in [6.45, 7) is 3.86. The predicted octanol–water partition coefficient (Wildman–Crippen LogP) is 5.94. The molecular weight excluding hydrogens is 419 g/mol.